The minimum Gasteiger partial charge on any atom is -0.486 e. The van der Waals surface area contributed by atoms with Crippen molar-refractivity contribution < 1.29 is 23.4 Å². The summed E-state index contributed by atoms with van der Waals surface area (Å²) >= 11 is 0. The molecule has 1 amide bonds. The Morgan fingerprint density at radius 2 is 1.86 bits per heavy atom. The van der Waals surface area contributed by atoms with Gasteiger partial charge in [-0.1, -0.05) is 0 Å². The van der Waals surface area contributed by atoms with Crippen molar-refractivity contribution in [2.45, 2.75) is 20.0 Å². The number of carbonyl (C=O) groups excluding carboxylic acids is 1. The average molecular weight is 381 g/mol. The summed E-state index contributed by atoms with van der Waals surface area (Å²) in [6.45, 7) is 4.46. The van der Waals surface area contributed by atoms with Gasteiger partial charge in [0.05, 0.1) is 0 Å². The molecule has 3 aromatic rings. The van der Waals surface area contributed by atoms with Crippen LogP contribution in [-0.4, -0.2) is 25.2 Å². The number of benzene rings is 2. The van der Waals surface area contributed by atoms with Crippen molar-refractivity contribution in [2.75, 3.05) is 18.5 Å². The Kier molecular flexibility index (Phi) is 4.65. The predicted molar refractivity (Wildman–Crippen MR) is 103 cm³/mol. The van der Waals surface area contributed by atoms with Gasteiger partial charge in [-0.05, 0) is 43.7 Å². The van der Waals surface area contributed by atoms with Crippen molar-refractivity contribution in [1.82, 2.24) is 0 Å². The van der Waals surface area contributed by atoms with Crippen LogP contribution in [0.3, 0.4) is 0 Å². The Labute approximate surface area is 160 Å². The van der Waals surface area contributed by atoms with Gasteiger partial charge in [0.2, 0.25) is 0 Å². The largest absolute Gasteiger partial charge is 0.486 e. The first kappa shape index (κ1) is 17.9. The van der Waals surface area contributed by atoms with E-state index in [0.29, 0.717) is 41.7 Å². The highest BCUT2D eigenvalue weighted by Gasteiger charge is 2.18. The van der Waals surface area contributed by atoms with Gasteiger partial charge < -0.3 is 23.9 Å². The van der Waals surface area contributed by atoms with Gasteiger partial charge in [0.1, 0.15) is 24.5 Å². The van der Waals surface area contributed by atoms with E-state index in [2.05, 4.69) is 5.32 Å². The van der Waals surface area contributed by atoms with Crippen molar-refractivity contribution in [3.05, 3.63) is 58.4 Å². The van der Waals surface area contributed by atoms with Crippen molar-refractivity contribution in [1.29, 1.82) is 0 Å². The summed E-state index contributed by atoms with van der Waals surface area (Å²) < 4.78 is 21.9. The number of carbonyl (C=O) groups is 1. The summed E-state index contributed by atoms with van der Waals surface area (Å²) in [5.74, 6) is 1.37. The SMILES string of the molecule is Cc1cc(=O)oc2cc(O[C@H](C)C(=O)Nc3ccc4c(c3)OCCO4)ccc12. The molecule has 28 heavy (non-hydrogen) atoms. The summed E-state index contributed by atoms with van der Waals surface area (Å²) in [4.78, 5) is 24.0. The molecule has 0 spiro atoms. The lowest BCUT2D eigenvalue weighted by Crippen LogP contribution is -2.30. The molecule has 1 aliphatic rings. The maximum absolute atomic E-state index is 12.5. The first-order valence-electron chi connectivity index (χ1n) is 8.91. The van der Waals surface area contributed by atoms with Crippen LogP contribution in [0.2, 0.25) is 0 Å². The van der Waals surface area contributed by atoms with Crippen LogP contribution in [0.15, 0.2) is 51.7 Å². The average Bonchev–Trinajstić information content (AvgIpc) is 2.67. The Morgan fingerprint density at radius 3 is 2.68 bits per heavy atom. The van der Waals surface area contributed by atoms with Crippen molar-refractivity contribution in [3.63, 3.8) is 0 Å². The van der Waals surface area contributed by atoms with Gasteiger partial charge in [0.15, 0.2) is 17.6 Å². The van der Waals surface area contributed by atoms with E-state index in [1.165, 1.54) is 6.07 Å². The molecule has 144 valence electrons. The molecule has 7 heteroatoms. The lowest BCUT2D eigenvalue weighted by molar-refractivity contribution is -0.122. The van der Waals surface area contributed by atoms with E-state index in [4.69, 9.17) is 18.6 Å². The van der Waals surface area contributed by atoms with E-state index in [9.17, 15) is 9.59 Å². The Bertz CT molecular complexity index is 1100. The van der Waals surface area contributed by atoms with Gasteiger partial charge in [0.25, 0.3) is 5.91 Å². The summed E-state index contributed by atoms with van der Waals surface area (Å²) in [6, 6.07) is 11.8. The maximum Gasteiger partial charge on any atom is 0.336 e. The normalized spacial score (nSPS) is 13.8. The standard InChI is InChI=1S/C21H19NO6/c1-12-9-20(23)28-18-11-15(4-5-16(12)18)27-13(2)21(24)22-14-3-6-17-19(10-14)26-8-7-25-17/h3-6,9-11,13H,7-8H2,1-2H3,(H,22,24)/t13-/m1/s1. The van der Waals surface area contributed by atoms with Crippen LogP contribution >= 0.6 is 0 Å². The van der Waals surface area contributed by atoms with E-state index >= 15 is 0 Å². The molecule has 2 aromatic carbocycles. The van der Waals surface area contributed by atoms with Crippen molar-refractivity contribution in [3.8, 4) is 17.2 Å². The second kappa shape index (κ2) is 7.26. The number of amides is 1. The maximum atomic E-state index is 12.5. The minimum atomic E-state index is -0.762. The first-order valence-corrected chi connectivity index (χ1v) is 8.91. The fourth-order valence-corrected chi connectivity index (χ4v) is 3.00. The number of rotatable bonds is 4. The highest BCUT2D eigenvalue weighted by molar-refractivity contribution is 5.94. The van der Waals surface area contributed by atoms with Crippen LogP contribution in [0.25, 0.3) is 11.0 Å². The quantitative estimate of drug-likeness (QED) is 0.698. The fourth-order valence-electron chi connectivity index (χ4n) is 3.00. The van der Waals surface area contributed by atoms with E-state index < -0.39 is 11.7 Å². The molecule has 1 aliphatic heterocycles. The van der Waals surface area contributed by atoms with Crippen LogP contribution in [-0.2, 0) is 4.79 Å². The minimum absolute atomic E-state index is 0.317. The summed E-state index contributed by atoms with van der Waals surface area (Å²) in [7, 11) is 0. The number of hydrogen-bond acceptors (Lipinski definition) is 6. The summed E-state index contributed by atoms with van der Waals surface area (Å²) in [5, 5.41) is 3.61. The summed E-state index contributed by atoms with van der Waals surface area (Å²) in [5.41, 5.74) is 1.40. The molecule has 1 atom stereocenters. The number of fused-ring (bicyclic) bond motifs is 2. The predicted octanol–water partition coefficient (Wildman–Crippen LogP) is 3.28. The second-order valence-corrected chi connectivity index (χ2v) is 6.51. The van der Waals surface area contributed by atoms with Crippen LogP contribution < -0.4 is 25.2 Å². The monoisotopic (exact) mass is 381 g/mol. The lowest BCUT2D eigenvalue weighted by atomic mass is 10.1. The topological polar surface area (TPSA) is 87.0 Å². The van der Waals surface area contributed by atoms with E-state index in [0.717, 1.165) is 10.9 Å². The van der Waals surface area contributed by atoms with Crippen LogP contribution in [0, 0.1) is 6.92 Å². The molecular weight excluding hydrogens is 362 g/mol. The van der Waals surface area contributed by atoms with E-state index in [-0.39, 0.29) is 5.91 Å². The molecule has 0 aliphatic carbocycles. The van der Waals surface area contributed by atoms with Gasteiger partial charge in [0, 0.05) is 29.3 Å². The number of anilines is 1. The molecular formula is C21H19NO6. The first-order chi connectivity index (χ1) is 13.5. The molecule has 2 heterocycles. The smallest absolute Gasteiger partial charge is 0.336 e. The molecule has 4 rings (SSSR count). The van der Waals surface area contributed by atoms with Gasteiger partial charge in [-0.2, -0.15) is 0 Å². The van der Waals surface area contributed by atoms with Crippen LogP contribution in [0.1, 0.15) is 12.5 Å². The molecule has 7 nitrogen and oxygen atoms in total. The number of nitrogens with one attached hydrogen (secondary N) is 1. The zero-order valence-electron chi connectivity index (χ0n) is 15.5. The Hall–Kier alpha value is -3.48. The van der Waals surface area contributed by atoms with Gasteiger partial charge in [-0.25, -0.2) is 4.79 Å². The van der Waals surface area contributed by atoms with Gasteiger partial charge in [-0.15, -0.1) is 0 Å². The van der Waals surface area contributed by atoms with E-state index in [1.54, 1.807) is 43.3 Å². The lowest BCUT2D eigenvalue weighted by Gasteiger charge is -2.20. The molecule has 0 saturated heterocycles. The third-order valence-corrected chi connectivity index (χ3v) is 4.41. The van der Waals surface area contributed by atoms with Gasteiger partial charge in [-0.3, -0.25) is 4.79 Å². The molecule has 0 bridgehead atoms. The highest BCUT2D eigenvalue weighted by Crippen LogP contribution is 2.32. The Morgan fingerprint density at radius 1 is 1.07 bits per heavy atom. The zero-order valence-corrected chi connectivity index (χ0v) is 15.5. The molecule has 0 saturated carbocycles. The number of aryl methyl sites for hydroxylation is 1. The Balaban J connectivity index is 1.47. The number of hydrogen-bond donors (Lipinski definition) is 1. The molecule has 1 aromatic heterocycles. The molecule has 0 radical (unpaired) electrons. The molecule has 1 N–H and O–H groups in total. The summed E-state index contributed by atoms with van der Waals surface area (Å²) in [6.07, 6.45) is -0.762. The van der Waals surface area contributed by atoms with Crippen molar-refractivity contribution >= 4 is 22.6 Å². The number of ether oxygens (including phenoxy) is 3. The van der Waals surface area contributed by atoms with E-state index in [1.807, 2.05) is 6.92 Å². The molecule has 0 fully saturated rings. The fraction of sp³-hybridized carbons (Fsp3) is 0.238. The third kappa shape index (κ3) is 3.64. The van der Waals surface area contributed by atoms with Crippen LogP contribution in [0.5, 0.6) is 17.2 Å². The molecule has 0 unspecified atom stereocenters. The third-order valence-electron chi connectivity index (χ3n) is 4.41. The zero-order chi connectivity index (χ0) is 19.7. The van der Waals surface area contributed by atoms with Crippen molar-refractivity contribution in [2.24, 2.45) is 0 Å². The van der Waals surface area contributed by atoms with Crippen LogP contribution in [0.4, 0.5) is 5.69 Å². The second-order valence-electron chi connectivity index (χ2n) is 6.51. The highest BCUT2D eigenvalue weighted by atomic mass is 16.6. The van der Waals surface area contributed by atoms with Gasteiger partial charge >= 0.3 is 5.63 Å².